The third-order valence-electron chi connectivity index (χ3n) is 2.95. The van der Waals surface area contributed by atoms with Crippen LogP contribution in [-0.2, 0) is 0 Å². The molecule has 0 aliphatic carbocycles. The largest absolute Gasteiger partial charge is 0.305 e. The van der Waals surface area contributed by atoms with Crippen molar-refractivity contribution in [2.24, 2.45) is 11.3 Å². The molecular weight excluding hydrogens is 148 g/mol. The lowest BCUT2D eigenvalue weighted by Gasteiger charge is -2.60. The lowest BCUT2D eigenvalue weighted by molar-refractivity contribution is -0.107. The van der Waals surface area contributed by atoms with Crippen molar-refractivity contribution in [2.75, 3.05) is 39.8 Å². The Hall–Kier alpha value is -0.0800. The molecule has 2 heteroatoms. The van der Waals surface area contributed by atoms with E-state index in [-0.39, 0.29) is 0 Å². The highest BCUT2D eigenvalue weighted by molar-refractivity contribution is 5.04. The lowest BCUT2D eigenvalue weighted by atomic mass is 9.73. The topological polar surface area (TPSA) is 6.48 Å². The van der Waals surface area contributed by atoms with Crippen molar-refractivity contribution in [1.82, 2.24) is 9.80 Å². The fourth-order valence-corrected chi connectivity index (χ4v) is 2.85. The Balaban J connectivity index is 1.70. The van der Waals surface area contributed by atoms with Crippen molar-refractivity contribution in [3.63, 3.8) is 0 Å². The predicted molar refractivity (Wildman–Crippen MR) is 51.2 cm³/mol. The standard InChI is InChI=1S/C10H20N2/c1-9(2)4-12-7-10(8-12)5-11(3)6-10/h9H,4-8H2,1-3H3. The summed E-state index contributed by atoms with van der Waals surface area (Å²) in [6.45, 7) is 11.3. The summed E-state index contributed by atoms with van der Waals surface area (Å²) in [7, 11) is 2.22. The molecule has 1 spiro atoms. The molecular formula is C10H20N2. The van der Waals surface area contributed by atoms with Crippen LogP contribution in [0.1, 0.15) is 13.8 Å². The summed E-state index contributed by atoms with van der Waals surface area (Å²) in [6, 6.07) is 0. The molecule has 0 N–H and O–H groups in total. The lowest BCUT2D eigenvalue weighted by Crippen LogP contribution is -2.71. The molecule has 0 unspecified atom stereocenters. The average Bonchev–Trinajstić information content (AvgIpc) is 1.78. The molecule has 0 amide bonds. The molecule has 2 heterocycles. The summed E-state index contributed by atoms with van der Waals surface area (Å²) in [5.41, 5.74) is 0.726. The SMILES string of the molecule is CC(C)CN1CC2(CN(C)C2)C1. The summed E-state index contributed by atoms with van der Waals surface area (Å²) in [5, 5.41) is 0. The van der Waals surface area contributed by atoms with E-state index in [0.29, 0.717) is 0 Å². The molecule has 2 fully saturated rings. The maximum Gasteiger partial charge on any atom is 0.0212 e. The van der Waals surface area contributed by atoms with Crippen LogP contribution in [0.4, 0.5) is 0 Å². The highest BCUT2D eigenvalue weighted by Gasteiger charge is 2.49. The first-order valence-corrected chi connectivity index (χ1v) is 5.01. The molecule has 2 rings (SSSR count). The minimum Gasteiger partial charge on any atom is -0.305 e. The molecule has 2 aliphatic rings. The van der Waals surface area contributed by atoms with Crippen LogP contribution in [0.5, 0.6) is 0 Å². The summed E-state index contributed by atoms with van der Waals surface area (Å²) in [4.78, 5) is 5.02. The molecule has 0 aromatic carbocycles. The van der Waals surface area contributed by atoms with E-state index in [9.17, 15) is 0 Å². The maximum atomic E-state index is 2.59. The monoisotopic (exact) mass is 168 g/mol. The van der Waals surface area contributed by atoms with Gasteiger partial charge in [0.25, 0.3) is 0 Å². The second-order valence-corrected chi connectivity index (χ2v) is 5.24. The van der Waals surface area contributed by atoms with Crippen LogP contribution >= 0.6 is 0 Å². The van der Waals surface area contributed by atoms with Gasteiger partial charge >= 0.3 is 0 Å². The van der Waals surface area contributed by atoms with Crippen LogP contribution in [0.3, 0.4) is 0 Å². The van der Waals surface area contributed by atoms with Gasteiger partial charge in [-0.25, -0.2) is 0 Å². The van der Waals surface area contributed by atoms with Gasteiger partial charge in [0, 0.05) is 38.1 Å². The zero-order chi connectivity index (χ0) is 8.77. The van der Waals surface area contributed by atoms with E-state index in [1.165, 1.54) is 32.7 Å². The highest BCUT2D eigenvalue weighted by Crippen LogP contribution is 2.38. The predicted octanol–water partition coefficient (Wildman–Crippen LogP) is 0.890. The van der Waals surface area contributed by atoms with Crippen molar-refractivity contribution in [1.29, 1.82) is 0 Å². The molecule has 2 saturated heterocycles. The number of nitrogens with zero attached hydrogens (tertiary/aromatic N) is 2. The van der Waals surface area contributed by atoms with Crippen molar-refractivity contribution < 1.29 is 0 Å². The first-order chi connectivity index (χ1) is 5.60. The van der Waals surface area contributed by atoms with Crippen molar-refractivity contribution in [3.05, 3.63) is 0 Å². The van der Waals surface area contributed by atoms with Crippen LogP contribution in [0.25, 0.3) is 0 Å². The number of likely N-dealkylation sites (tertiary alicyclic amines) is 2. The zero-order valence-electron chi connectivity index (χ0n) is 8.51. The summed E-state index contributed by atoms with van der Waals surface area (Å²) < 4.78 is 0. The smallest absolute Gasteiger partial charge is 0.0212 e. The number of hydrogen-bond donors (Lipinski definition) is 0. The van der Waals surface area contributed by atoms with Gasteiger partial charge in [0.2, 0.25) is 0 Å². The first kappa shape index (κ1) is 8.52. The van der Waals surface area contributed by atoms with Gasteiger partial charge < -0.3 is 9.80 Å². The van der Waals surface area contributed by atoms with Gasteiger partial charge in [0.05, 0.1) is 0 Å². The third kappa shape index (κ3) is 1.38. The Morgan fingerprint density at radius 2 is 1.75 bits per heavy atom. The Kier molecular flexibility index (Phi) is 1.92. The summed E-state index contributed by atoms with van der Waals surface area (Å²) >= 11 is 0. The van der Waals surface area contributed by atoms with Crippen LogP contribution < -0.4 is 0 Å². The maximum absolute atomic E-state index is 2.59. The molecule has 2 aliphatic heterocycles. The fourth-order valence-electron chi connectivity index (χ4n) is 2.85. The van der Waals surface area contributed by atoms with Crippen molar-refractivity contribution in [3.8, 4) is 0 Å². The molecule has 70 valence electrons. The van der Waals surface area contributed by atoms with E-state index < -0.39 is 0 Å². The van der Waals surface area contributed by atoms with E-state index in [1.807, 2.05) is 0 Å². The van der Waals surface area contributed by atoms with E-state index in [2.05, 4.69) is 30.7 Å². The Labute approximate surface area is 75.5 Å². The van der Waals surface area contributed by atoms with Gasteiger partial charge in [-0.2, -0.15) is 0 Å². The molecule has 0 radical (unpaired) electrons. The van der Waals surface area contributed by atoms with Crippen molar-refractivity contribution >= 4 is 0 Å². The fraction of sp³-hybridized carbons (Fsp3) is 1.00. The van der Waals surface area contributed by atoms with E-state index >= 15 is 0 Å². The van der Waals surface area contributed by atoms with Crippen LogP contribution in [-0.4, -0.2) is 49.6 Å². The number of hydrogen-bond acceptors (Lipinski definition) is 2. The highest BCUT2D eigenvalue weighted by atomic mass is 15.3. The van der Waals surface area contributed by atoms with E-state index in [1.54, 1.807) is 0 Å². The average molecular weight is 168 g/mol. The van der Waals surface area contributed by atoms with Gasteiger partial charge in [-0.1, -0.05) is 13.8 Å². The molecule has 0 aromatic rings. The molecule has 2 nitrogen and oxygen atoms in total. The summed E-state index contributed by atoms with van der Waals surface area (Å²) in [5.74, 6) is 0.833. The second-order valence-electron chi connectivity index (χ2n) is 5.24. The quantitative estimate of drug-likeness (QED) is 0.604. The van der Waals surface area contributed by atoms with Gasteiger partial charge in [-0.3, -0.25) is 0 Å². The molecule has 12 heavy (non-hydrogen) atoms. The van der Waals surface area contributed by atoms with Gasteiger partial charge in [0.15, 0.2) is 0 Å². The number of rotatable bonds is 2. The van der Waals surface area contributed by atoms with Crippen LogP contribution in [0, 0.1) is 11.3 Å². The van der Waals surface area contributed by atoms with Gasteiger partial charge in [-0.05, 0) is 13.0 Å². The first-order valence-electron chi connectivity index (χ1n) is 5.01. The Morgan fingerprint density at radius 1 is 1.17 bits per heavy atom. The molecule has 0 atom stereocenters. The van der Waals surface area contributed by atoms with Crippen LogP contribution in [0.15, 0.2) is 0 Å². The minimum absolute atomic E-state index is 0.726. The van der Waals surface area contributed by atoms with E-state index in [0.717, 1.165) is 11.3 Å². The van der Waals surface area contributed by atoms with Crippen molar-refractivity contribution in [2.45, 2.75) is 13.8 Å². The summed E-state index contributed by atoms with van der Waals surface area (Å²) in [6.07, 6.45) is 0. The van der Waals surface area contributed by atoms with Gasteiger partial charge in [0.1, 0.15) is 0 Å². The molecule has 0 saturated carbocycles. The van der Waals surface area contributed by atoms with E-state index in [4.69, 9.17) is 0 Å². The van der Waals surface area contributed by atoms with Crippen LogP contribution in [0.2, 0.25) is 0 Å². The van der Waals surface area contributed by atoms with Gasteiger partial charge in [-0.15, -0.1) is 0 Å². The second kappa shape index (κ2) is 2.71. The Morgan fingerprint density at radius 3 is 2.17 bits per heavy atom. The molecule has 0 aromatic heterocycles. The minimum atomic E-state index is 0.726. The third-order valence-corrected chi connectivity index (χ3v) is 2.95. The zero-order valence-corrected chi connectivity index (χ0v) is 8.51. The molecule has 0 bridgehead atoms. The normalized spacial score (nSPS) is 29.0. The Bertz CT molecular complexity index is 163.